The van der Waals surface area contributed by atoms with Gasteiger partial charge in [-0.1, -0.05) is 72.8 Å². The lowest BCUT2D eigenvalue weighted by molar-refractivity contribution is 0.921. The third-order valence-corrected chi connectivity index (χ3v) is 5.39. The summed E-state index contributed by atoms with van der Waals surface area (Å²) in [5.41, 5.74) is 7.39. The van der Waals surface area contributed by atoms with E-state index in [1.807, 2.05) is 0 Å². The molecule has 0 amide bonds. The molecule has 3 heteroatoms. The Hall–Kier alpha value is -3.07. The molecule has 3 aromatic rings. The van der Waals surface area contributed by atoms with E-state index < -0.39 is 0 Å². The molecule has 0 radical (unpaired) electrons. The second kappa shape index (κ2) is 6.58. The van der Waals surface area contributed by atoms with Gasteiger partial charge in [0.2, 0.25) is 0 Å². The Balaban J connectivity index is 1.64. The summed E-state index contributed by atoms with van der Waals surface area (Å²) in [6, 6.07) is 26.2. The summed E-state index contributed by atoms with van der Waals surface area (Å²) in [5, 5.41) is 3.72. The van der Waals surface area contributed by atoms with Crippen LogP contribution in [0.1, 0.15) is 12.8 Å². The molecule has 0 aromatic heterocycles. The first-order valence-corrected chi connectivity index (χ1v) is 9.62. The molecule has 1 aliphatic heterocycles. The van der Waals surface area contributed by atoms with E-state index in [4.69, 9.17) is 4.99 Å². The van der Waals surface area contributed by atoms with Crippen molar-refractivity contribution < 1.29 is 0 Å². The summed E-state index contributed by atoms with van der Waals surface area (Å²) in [6.07, 6.45) is 4.63. The van der Waals surface area contributed by atoms with Gasteiger partial charge in [-0.05, 0) is 24.0 Å². The number of aliphatic imine (C=N–C) groups is 1. The summed E-state index contributed by atoms with van der Waals surface area (Å²) >= 11 is 0. The zero-order valence-electron chi connectivity index (χ0n) is 15.5. The number of fused-ring (bicyclic) bond motifs is 1. The molecule has 0 spiro atoms. The largest absolute Gasteiger partial charge is 0.358 e. The molecule has 5 rings (SSSR count). The summed E-state index contributed by atoms with van der Waals surface area (Å²) < 4.78 is 0. The SMILES string of the molecule is CN1c2c(-c3ccccc3)ccc(-c3ccccc3)c2NC1C=NC1CC1. The van der Waals surface area contributed by atoms with Crippen LogP contribution in [0.2, 0.25) is 0 Å². The van der Waals surface area contributed by atoms with E-state index in [-0.39, 0.29) is 6.17 Å². The van der Waals surface area contributed by atoms with Crippen molar-refractivity contribution in [2.24, 2.45) is 4.99 Å². The van der Waals surface area contributed by atoms with E-state index >= 15 is 0 Å². The highest BCUT2D eigenvalue weighted by Gasteiger charge is 2.30. The van der Waals surface area contributed by atoms with Gasteiger partial charge in [0, 0.05) is 30.4 Å². The zero-order chi connectivity index (χ0) is 18.2. The third-order valence-electron chi connectivity index (χ3n) is 5.39. The van der Waals surface area contributed by atoms with Gasteiger partial charge in [0.25, 0.3) is 0 Å². The molecule has 134 valence electrons. The Morgan fingerprint density at radius 2 is 1.44 bits per heavy atom. The molecule has 1 unspecified atom stereocenters. The Labute approximate surface area is 160 Å². The van der Waals surface area contributed by atoms with Crippen LogP contribution in [0.5, 0.6) is 0 Å². The number of hydrogen-bond acceptors (Lipinski definition) is 3. The van der Waals surface area contributed by atoms with Gasteiger partial charge in [0.05, 0.1) is 11.4 Å². The maximum Gasteiger partial charge on any atom is 0.135 e. The van der Waals surface area contributed by atoms with E-state index in [9.17, 15) is 0 Å². The average molecular weight is 353 g/mol. The molecule has 0 saturated heterocycles. The van der Waals surface area contributed by atoms with Crippen LogP contribution in [0.4, 0.5) is 11.4 Å². The summed E-state index contributed by atoms with van der Waals surface area (Å²) in [7, 11) is 2.16. The molecule has 2 aliphatic rings. The number of nitrogens with zero attached hydrogens (tertiary/aromatic N) is 2. The van der Waals surface area contributed by atoms with Gasteiger partial charge < -0.3 is 10.2 Å². The molecule has 3 nitrogen and oxygen atoms in total. The highest BCUT2D eigenvalue weighted by atomic mass is 15.3. The van der Waals surface area contributed by atoms with Crippen molar-refractivity contribution in [3.8, 4) is 22.3 Å². The van der Waals surface area contributed by atoms with Crippen molar-refractivity contribution in [2.45, 2.75) is 25.0 Å². The summed E-state index contributed by atoms with van der Waals surface area (Å²) in [5.74, 6) is 0. The van der Waals surface area contributed by atoms with Crippen LogP contribution in [0.15, 0.2) is 77.8 Å². The van der Waals surface area contributed by atoms with Crippen molar-refractivity contribution in [2.75, 3.05) is 17.3 Å². The number of anilines is 2. The van der Waals surface area contributed by atoms with Crippen molar-refractivity contribution in [1.29, 1.82) is 0 Å². The zero-order valence-corrected chi connectivity index (χ0v) is 15.5. The topological polar surface area (TPSA) is 27.6 Å². The number of benzene rings is 3. The smallest absolute Gasteiger partial charge is 0.135 e. The number of hydrogen-bond donors (Lipinski definition) is 1. The quantitative estimate of drug-likeness (QED) is 0.632. The van der Waals surface area contributed by atoms with Crippen LogP contribution in [0.3, 0.4) is 0 Å². The maximum absolute atomic E-state index is 4.73. The molecule has 0 bridgehead atoms. The molecule has 3 aromatic carbocycles. The van der Waals surface area contributed by atoms with E-state index in [2.05, 4.69) is 96.3 Å². The highest BCUT2D eigenvalue weighted by Crippen LogP contribution is 2.47. The van der Waals surface area contributed by atoms with Gasteiger partial charge in [-0.15, -0.1) is 0 Å². The van der Waals surface area contributed by atoms with Gasteiger partial charge in [-0.3, -0.25) is 4.99 Å². The van der Waals surface area contributed by atoms with Crippen molar-refractivity contribution >= 4 is 17.6 Å². The van der Waals surface area contributed by atoms with Gasteiger partial charge in [-0.2, -0.15) is 0 Å². The van der Waals surface area contributed by atoms with Gasteiger partial charge in [-0.25, -0.2) is 0 Å². The highest BCUT2D eigenvalue weighted by molar-refractivity contribution is 6.02. The van der Waals surface area contributed by atoms with Gasteiger partial charge >= 0.3 is 0 Å². The second-order valence-electron chi connectivity index (χ2n) is 7.35. The minimum atomic E-state index is 0.0907. The van der Waals surface area contributed by atoms with Crippen LogP contribution in [0.25, 0.3) is 22.3 Å². The third kappa shape index (κ3) is 2.99. The minimum Gasteiger partial charge on any atom is -0.358 e. The lowest BCUT2D eigenvalue weighted by atomic mass is 9.96. The molecule has 27 heavy (non-hydrogen) atoms. The standard InChI is InChI=1S/C24H23N3/c1-27-22(16-25-19-12-13-19)26-23-20(17-8-4-2-5-9-17)14-15-21(24(23)27)18-10-6-3-7-11-18/h2-11,14-16,19,22,26H,12-13H2,1H3. The van der Waals surface area contributed by atoms with E-state index in [1.165, 1.54) is 46.5 Å². The fourth-order valence-electron chi connectivity index (χ4n) is 3.76. The van der Waals surface area contributed by atoms with Crippen LogP contribution in [-0.4, -0.2) is 25.5 Å². The lowest BCUT2D eigenvalue weighted by Crippen LogP contribution is -2.33. The molecular weight excluding hydrogens is 330 g/mol. The molecule has 1 N–H and O–H groups in total. The normalized spacial score (nSPS) is 18.6. The van der Waals surface area contributed by atoms with Crippen molar-refractivity contribution in [3.05, 3.63) is 72.8 Å². The fourth-order valence-corrected chi connectivity index (χ4v) is 3.76. The fraction of sp³-hybridized carbons (Fsp3) is 0.208. The molecule has 1 fully saturated rings. The predicted molar refractivity (Wildman–Crippen MR) is 115 cm³/mol. The summed E-state index contributed by atoms with van der Waals surface area (Å²) in [6.45, 7) is 0. The van der Waals surface area contributed by atoms with E-state index in [1.54, 1.807) is 0 Å². The van der Waals surface area contributed by atoms with Crippen LogP contribution in [-0.2, 0) is 0 Å². The van der Waals surface area contributed by atoms with Crippen molar-refractivity contribution in [3.63, 3.8) is 0 Å². The molecule has 1 aliphatic carbocycles. The predicted octanol–water partition coefficient (Wildman–Crippen LogP) is 5.44. The van der Waals surface area contributed by atoms with Gasteiger partial charge in [0.1, 0.15) is 6.17 Å². The Kier molecular flexibility index (Phi) is 3.93. The monoisotopic (exact) mass is 353 g/mol. The molecule has 1 atom stereocenters. The summed E-state index contributed by atoms with van der Waals surface area (Å²) in [4.78, 5) is 7.04. The second-order valence-corrected chi connectivity index (χ2v) is 7.35. The van der Waals surface area contributed by atoms with Crippen LogP contribution in [0, 0.1) is 0 Å². The Bertz CT molecular complexity index is 975. The lowest BCUT2D eigenvalue weighted by Gasteiger charge is -2.20. The molecule has 1 saturated carbocycles. The first-order valence-electron chi connectivity index (χ1n) is 9.62. The van der Waals surface area contributed by atoms with Crippen LogP contribution >= 0.6 is 0 Å². The van der Waals surface area contributed by atoms with Crippen LogP contribution < -0.4 is 10.2 Å². The Morgan fingerprint density at radius 3 is 2.07 bits per heavy atom. The number of rotatable bonds is 4. The molecular formula is C24H23N3. The van der Waals surface area contributed by atoms with Gasteiger partial charge in [0.15, 0.2) is 0 Å². The van der Waals surface area contributed by atoms with E-state index in [0.717, 1.165) is 0 Å². The first-order chi connectivity index (χ1) is 13.3. The average Bonchev–Trinajstić information content (AvgIpc) is 3.50. The van der Waals surface area contributed by atoms with E-state index in [0.29, 0.717) is 6.04 Å². The minimum absolute atomic E-state index is 0.0907. The Morgan fingerprint density at radius 1 is 0.852 bits per heavy atom. The molecule has 1 heterocycles. The maximum atomic E-state index is 4.73. The number of nitrogens with one attached hydrogen (secondary N) is 1. The van der Waals surface area contributed by atoms with Crippen molar-refractivity contribution in [1.82, 2.24) is 0 Å². The first kappa shape index (κ1) is 16.1.